The molecule has 0 spiro atoms. The van der Waals surface area contributed by atoms with Crippen LogP contribution in [-0.2, 0) is 22.4 Å². The molecule has 138 valence electrons. The molecule has 1 N–H and O–H groups in total. The van der Waals surface area contributed by atoms with E-state index in [4.69, 9.17) is 9.47 Å². The average molecular weight is 346 g/mol. The standard InChI is InChI=1S/C20H30N2O3/c1-19(2,3)25-18(23)22-10-6-9-15-7-5-8-16(17(15)22)11-21-12-20(4)13-24-14-20/h5,7-8,21H,6,9-14H2,1-4H3. The molecule has 0 saturated carbocycles. The number of benzene rings is 1. The molecule has 1 fully saturated rings. The van der Waals surface area contributed by atoms with E-state index < -0.39 is 5.60 Å². The van der Waals surface area contributed by atoms with Crippen molar-refractivity contribution in [3.63, 3.8) is 0 Å². The van der Waals surface area contributed by atoms with E-state index in [2.05, 4.69) is 30.4 Å². The summed E-state index contributed by atoms with van der Waals surface area (Å²) in [6, 6.07) is 6.31. The van der Waals surface area contributed by atoms with Crippen LogP contribution in [0.1, 0.15) is 45.2 Å². The molecule has 0 unspecified atom stereocenters. The summed E-state index contributed by atoms with van der Waals surface area (Å²) in [6.07, 6.45) is 1.73. The minimum Gasteiger partial charge on any atom is -0.443 e. The smallest absolute Gasteiger partial charge is 0.414 e. The molecule has 1 aromatic carbocycles. The SMILES string of the molecule is CC1(CNCc2cccc3c2N(C(=O)OC(C)(C)C)CCC3)COC1. The molecular weight excluding hydrogens is 316 g/mol. The molecular formula is C20H30N2O3. The molecule has 1 amide bonds. The van der Waals surface area contributed by atoms with Crippen molar-refractivity contribution < 1.29 is 14.3 Å². The van der Waals surface area contributed by atoms with Crippen LogP contribution in [0.5, 0.6) is 0 Å². The number of carbonyl (C=O) groups is 1. The number of aryl methyl sites for hydroxylation is 1. The molecule has 0 aromatic heterocycles. The summed E-state index contributed by atoms with van der Waals surface area (Å²) in [5.41, 5.74) is 3.17. The van der Waals surface area contributed by atoms with E-state index in [1.54, 1.807) is 0 Å². The Morgan fingerprint density at radius 3 is 2.76 bits per heavy atom. The number of carbonyl (C=O) groups excluding carboxylic acids is 1. The number of nitrogens with one attached hydrogen (secondary N) is 1. The lowest BCUT2D eigenvalue weighted by Gasteiger charge is -2.38. The minimum atomic E-state index is -0.485. The second-order valence-electron chi connectivity index (χ2n) is 8.57. The maximum atomic E-state index is 12.7. The van der Waals surface area contributed by atoms with Gasteiger partial charge in [-0.2, -0.15) is 0 Å². The van der Waals surface area contributed by atoms with Gasteiger partial charge in [0.05, 0.1) is 18.9 Å². The number of para-hydroxylation sites is 1. The molecule has 1 saturated heterocycles. The zero-order chi connectivity index (χ0) is 18.1. The molecule has 0 radical (unpaired) electrons. The van der Waals surface area contributed by atoms with Gasteiger partial charge in [-0.25, -0.2) is 4.79 Å². The van der Waals surface area contributed by atoms with Gasteiger partial charge in [0.1, 0.15) is 5.60 Å². The van der Waals surface area contributed by atoms with Crippen LogP contribution in [0.15, 0.2) is 18.2 Å². The number of nitrogens with zero attached hydrogens (tertiary/aromatic N) is 1. The molecule has 5 heteroatoms. The molecule has 25 heavy (non-hydrogen) atoms. The fourth-order valence-corrected chi connectivity index (χ4v) is 3.43. The zero-order valence-electron chi connectivity index (χ0n) is 15.9. The maximum absolute atomic E-state index is 12.7. The summed E-state index contributed by atoms with van der Waals surface area (Å²) in [7, 11) is 0. The van der Waals surface area contributed by atoms with Gasteiger partial charge in [0.25, 0.3) is 0 Å². The number of rotatable bonds is 4. The van der Waals surface area contributed by atoms with Gasteiger partial charge in [-0.05, 0) is 44.7 Å². The summed E-state index contributed by atoms with van der Waals surface area (Å²) < 4.78 is 10.9. The highest BCUT2D eigenvalue weighted by Gasteiger charge is 2.33. The lowest BCUT2D eigenvalue weighted by Crippen LogP contribution is -2.47. The summed E-state index contributed by atoms with van der Waals surface area (Å²) in [4.78, 5) is 14.5. The largest absolute Gasteiger partial charge is 0.443 e. The first kappa shape index (κ1) is 18.2. The van der Waals surface area contributed by atoms with Crippen molar-refractivity contribution in [2.45, 2.75) is 52.7 Å². The van der Waals surface area contributed by atoms with Crippen LogP contribution in [0.25, 0.3) is 0 Å². The van der Waals surface area contributed by atoms with Crippen LogP contribution in [0.4, 0.5) is 10.5 Å². The van der Waals surface area contributed by atoms with Crippen LogP contribution in [0.2, 0.25) is 0 Å². The van der Waals surface area contributed by atoms with E-state index in [0.29, 0.717) is 6.54 Å². The number of anilines is 1. The average Bonchev–Trinajstić information content (AvgIpc) is 2.51. The molecule has 2 heterocycles. The normalized spacial score (nSPS) is 19.1. The molecule has 3 rings (SSSR count). The fraction of sp³-hybridized carbons (Fsp3) is 0.650. The van der Waals surface area contributed by atoms with Gasteiger partial charge in [0, 0.05) is 25.0 Å². The van der Waals surface area contributed by atoms with Gasteiger partial charge in [0.15, 0.2) is 0 Å². The van der Waals surface area contributed by atoms with Crippen LogP contribution < -0.4 is 10.2 Å². The molecule has 0 atom stereocenters. The topological polar surface area (TPSA) is 50.8 Å². The molecule has 0 bridgehead atoms. The number of hydrogen-bond acceptors (Lipinski definition) is 4. The molecule has 0 aliphatic carbocycles. The van der Waals surface area contributed by atoms with Crippen molar-refractivity contribution in [3.8, 4) is 0 Å². The van der Waals surface area contributed by atoms with E-state index in [0.717, 1.165) is 50.4 Å². The third-order valence-electron chi connectivity index (χ3n) is 4.68. The van der Waals surface area contributed by atoms with Crippen LogP contribution >= 0.6 is 0 Å². The van der Waals surface area contributed by atoms with Crippen LogP contribution in [0.3, 0.4) is 0 Å². The van der Waals surface area contributed by atoms with Gasteiger partial charge in [-0.3, -0.25) is 4.90 Å². The van der Waals surface area contributed by atoms with Gasteiger partial charge < -0.3 is 14.8 Å². The predicted octanol–water partition coefficient (Wildman–Crippen LogP) is 3.50. The summed E-state index contributed by atoms with van der Waals surface area (Å²) in [5.74, 6) is 0. The second-order valence-corrected chi connectivity index (χ2v) is 8.57. The van der Waals surface area contributed by atoms with Gasteiger partial charge in [0.2, 0.25) is 0 Å². The Labute approximate surface area is 150 Å². The Balaban J connectivity index is 1.75. The number of ether oxygens (including phenoxy) is 2. The summed E-state index contributed by atoms with van der Waals surface area (Å²) >= 11 is 0. The quantitative estimate of drug-likeness (QED) is 0.906. The highest BCUT2D eigenvalue weighted by atomic mass is 16.6. The monoisotopic (exact) mass is 346 g/mol. The minimum absolute atomic E-state index is 0.236. The van der Waals surface area contributed by atoms with Gasteiger partial charge >= 0.3 is 6.09 Å². The number of hydrogen-bond donors (Lipinski definition) is 1. The van der Waals surface area contributed by atoms with Crippen molar-refractivity contribution in [2.75, 3.05) is 31.2 Å². The Bertz CT molecular complexity index is 632. The molecule has 2 aliphatic heterocycles. The van der Waals surface area contributed by atoms with E-state index in [-0.39, 0.29) is 11.5 Å². The first-order chi connectivity index (χ1) is 11.8. The summed E-state index contributed by atoms with van der Waals surface area (Å²) in [6.45, 7) is 12.0. The Morgan fingerprint density at radius 1 is 1.36 bits per heavy atom. The third kappa shape index (κ3) is 4.33. The van der Waals surface area contributed by atoms with Gasteiger partial charge in [-0.15, -0.1) is 0 Å². The van der Waals surface area contributed by atoms with E-state index in [1.165, 1.54) is 5.56 Å². The Morgan fingerprint density at radius 2 is 2.12 bits per heavy atom. The Hall–Kier alpha value is -1.59. The van der Waals surface area contributed by atoms with E-state index >= 15 is 0 Å². The van der Waals surface area contributed by atoms with Crippen molar-refractivity contribution in [3.05, 3.63) is 29.3 Å². The number of amides is 1. The molecule has 5 nitrogen and oxygen atoms in total. The Kier molecular flexibility index (Phi) is 5.07. The van der Waals surface area contributed by atoms with Crippen LogP contribution in [0, 0.1) is 5.41 Å². The maximum Gasteiger partial charge on any atom is 0.414 e. The van der Waals surface area contributed by atoms with Crippen LogP contribution in [-0.4, -0.2) is 38.0 Å². The number of fused-ring (bicyclic) bond motifs is 1. The predicted molar refractivity (Wildman–Crippen MR) is 99.0 cm³/mol. The molecule has 2 aliphatic rings. The summed E-state index contributed by atoms with van der Waals surface area (Å²) in [5, 5.41) is 3.54. The zero-order valence-corrected chi connectivity index (χ0v) is 15.9. The van der Waals surface area contributed by atoms with Gasteiger partial charge in [-0.1, -0.05) is 25.1 Å². The van der Waals surface area contributed by atoms with Crippen molar-refractivity contribution in [2.24, 2.45) is 5.41 Å². The highest BCUT2D eigenvalue weighted by molar-refractivity contribution is 5.90. The van der Waals surface area contributed by atoms with Crippen molar-refractivity contribution >= 4 is 11.8 Å². The first-order valence-electron chi connectivity index (χ1n) is 9.17. The van der Waals surface area contributed by atoms with E-state index in [1.807, 2.05) is 25.7 Å². The fourth-order valence-electron chi connectivity index (χ4n) is 3.43. The van der Waals surface area contributed by atoms with Crippen molar-refractivity contribution in [1.82, 2.24) is 5.32 Å². The second kappa shape index (κ2) is 6.96. The lowest BCUT2D eigenvalue weighted by molar-refractivity contribution is -0.0991. The van der Waals surface area contributed by atoms with E-state index in [9.17, 15) is 4.79 Å². The third-order valence-corrected chi connectivity index (χ3v) is 4.68. The first-order valence-corrected chi connectivity index (χ1v) is 9.17. The molecule has 1 aromatic rings. The highest BCUT2D eigenvalue weighted by Crippen LogP contribution is 2.32. The lowest BCUT2D eigenvalue weighted by atomic mass is 9.88. The van der Waals surface area contributed by atoms with Crippen molar-refractivity contribution in [1.29, 1.82) is 0 Å².